The second-order valence-electron chi connectivity index (χ2n) is 6.19. The van der Waals surface area contributed by atoms with Crippen molar-refractivity contribution < 1.29 is 4.79 Å². The Morgan fingerprint density at radius 3 is 2.65 bits per heavy atom. The van der Waals surface area contributed by atoms with E-state index in [1.807, 2.05) is 30.0 Å². The molecule has 1 fully saturated rings. The summed E-state index contributed by atoms with van der Waals surface area (Å²) in [4.78, 5) is 14.8. The number of amides is 1. The lowest BCUT2D eigenvalue weighted by Crippen LogP contribution is -2.49. The fourth-order valence-corrected chi connectivity index (χ4v) is 3.13. The van der Waals surface area contributed by atoms with Gasteiger partial charge in [-0.25, -0.2) is 0 Å². The topological polar surface area (TPSA) is 58.4 Å². The van der Waals surface area contributed by atoms with Gasteiger partial charge in [-0.1, -0.05) is 13.8 Å². The van der Waals surface area contributed by atoms with Gasteiger partial charge in [-0.2, -0.15) is 0 Å². The number of piperidine rings is 1. The molecule has 4 nitrogen and oxygen atoms in total. The minimum atomic E-state index is 0.136. The smallest absolute Gasteiger partial charge is 0.254 e. The summed E-state index contributed by atoms with van der Waals surface area (Å²) in [5.74, 6) is 6.65. The number of nitrogen functional groups attached to an aromatic ring is 1. The van der Waals surface area contributed by atoms with Crippen LogP contribution in [-0.4, -0.2) is 23.4 Å². The number of hydrazine groups is 1. The minimum Gasteiger partial charge on any atom is -0.335 e. The molecule has 1 aromatic carbocycles. The van der Waals surface area contributed by atoms with Crippen molar-refractivity contribution in [2.45, 2.75) is 40.2 Å². The predicted molar refractivity (Wildman–Crippen MR) is 82.4 cm³/mol. The van der Waals surface area contributed by atoms with Crippen LogP contribution in [0.3, 0.4) is 0 Å². The van der Waals surface area contributed by atoms with Crippen molar-refractivity contribution in [2.75, 3.05) is 12.0 Å². The molecule has 0 saturated carbocycles. The standard InChI is InChI=1S/C16H25N3O/c1-10-7-11(2)13(4)19(9-10)16(20)15-6-5-14(18-17)8-12(15)3/h5-6,8,10-11,13,18H,7,9,17H2,1-4H3. The van der Waals surface area contributed by atoms with Gasteiger partial charge in [0.15, 0.2) is 0 Å². The summed E-state index contributed by atoms with van der Waals surface area (Å²) in [5.41, 5.74) is 5.17. The number of nitrogens with zero attached hydrogens (tertiary/aromatic N) is 1. The molecule has 1 heterocycles. The molecular formula is C16H25N3O. The van der Waals surface area contributed by atoms with E-state index in [4.69, 9.17) is 5.84 Å². The Kier molecular flexibility index (Phi) is 4.33. The number of carbonyl (C=O) groups excluding carboxylic acids is 1. The molecule has 3 unspecified atom stereocenters. The molecule has 0 aromatic heterocycles. The number of hydrogen-bond acceptors (Lipinski definition) is 3. The Balaban J connectivity index is 2.26. The van der Waals surface area contributed by atoms with Crippen LogP contribution in [0.15, 0.2) is 18.2 Å². The summed E-state index contributed by atoms with van der Waals surface area (Å²) < 4.78 is 0. The van der Waals surface area contributed by atoms with Crippen molar-refractivity contribution in [3.05, 3.63) is 29.3 Å². The normalized spacial score (nSPS) is 26.4. The molecule has 4 heteroatoms. The number of anilines is 1. The molecule has 2 rings (SSSR count). The highest BCUT2D eigenvalue weighted by Crippen LogP contribution is 2.29. The lowest BCUT2D eigenvalue weighted by atomic mass is 9.85. The zero-order chi connectivity index (χ0) is 14.9. The fourth-order valence-electron chi connectivity index (χ4n) is 3.13. The van der Waals surface area contributed by atoms with Crippen LogP contribution in [-0.2, 0) is 0 Å². The lowest BCUT2D eigenvalue weighted by molar-refractivity contribution is 0.0455. The van der Waals surface area contributed by atoms with Gasteiger partial charge in [-0.15, -0.1) is 0 Å². The quantitative estimate of drug-likeness (QED) is 0.644. The number of aryl methyl sites for hydroxylation is 1. The zero-order valence-electron chi connectivity index (χ0n) is 12.8. The first-order valence-corrected chi connectivity index (χ1v) is 7.32. The first-order valence-electron chi connectivity index (χ1n) is 7.32. The van der Waals surface area contributed by atoms with Gasteiger partial charge < -0.3 is 10.3 Å². The summed E-state index contributed by atoms with van der Waals surface area (Å²) >= 11 is 0. The van der Waals surface area contributed by atoms with E-state index in [1.54, 1.807) is 0 Å². The van der Waals surface area contributed by atoms with Gasteiger partial charge in [0.2, 0.25) is 0 Å². The molecule has 20 heavy (non-hydrogen) atoms. The van der Waals surface area contributed by atoms with Gasteiger partial charge >= 0.3 is 0 Å². The van der Waals surface area contributed by atoms with Crippen LogP contribution in [0.25, 0.3) is 0 Å². The molecule has 1 aromatic rings. The van der Waals surface area contributed by atoms with Crippen molar-refractivity contribution in [3.8, 4) is 0 Å². The Hall–Kier alpha value is -1.55. The average Bonchev–Trinajstić information content (AvgIpc) is 2.41. The first-order chi connectivity index (χ1) is 9.43. The predicted octanol–water partition coefficient (Wildman–Crippen LogP) is 2.79. The number of nitrogens with one attached hydrogen (secondary N) is 1. The van der Waals surface area contributed by atoms with Gasteiger partial charge in [0.25, 0.3) is 5.91 Å². The summed E-state index contributed by atoms with van der Waals surface area (Å²) in [6, 6.07) is 5.92. The van der Waals surface area contributed by atoms with Crippen LogP contribution in [0.5, 0.6) is 0 Å². The molecule has 3 N–H and O–H groups in total. The van der Waals surface area contributed by atoms with Gasteiger partial charge in [0, 0.05) is 23.8 Å². The van der Waals surface area contributed by atoms with Gasteiger partial charge in [-0.05, 0) is 55.9 Å². The van der Waals surface area contributed by atoms with Crippen LogP contribution in [0.4, 0.5) is 5.69 Å². The van der Waals surface area contributed by atoms with Crippen molar-refractivity contribution >= 4 is 11.6 Å². The molecule has 0 bridgehead atoms. The Labute approximate surface area is 121 Å². The van der Waals surface area contributed by atoms with Crippen LogP contribution in [0.1, 0.15) is 43.1 Å². The number of benzene rings is 1. The molecule has 1 saturated heterocycles. The number of carbonyl (C=O) groups is 1. The lowest BCUT2D eigenvalue weighted by Gasteiger charge is -2.41. The monoisotopic (exact) mass is 275 g/mol. The van der Waals surface area contributed by atoms with Crippen molar-refractivity contribution in [1.82, 2.24) is 4.90 Å². The van der Waals surface area contributed by atoms with E-state index in [0.29, 0.717) is 17.9 Å². The van der Waals surface area contributed by atoms with Crippen molar-refractivity contribution in [3.63, 3.8) is 0 Å². The second kappa shape index (κ2) is 5.83. The van der Waals surface area contributed by atoms with Crippen LogP contribution in [0.2, 0.25) is 0 Å². The van der Waals surface area contributed by atoms with Gasteiger partial charge in [0.1, 0.15) is 0 Å². The van der Waals surface area contributed by atoms with E-state index in [2.05, 4.69) is 26.2 Å². The third-order valence-electron chi connectivity index (χ3n) is 4.48. The number of nitrogens with two attached hydrogens (primary N) is 1. The van der Waals surface area contributed by atoms with E-state index in [-0.39, 0.29) is 5.91 Å². The molecule has 1 amide bonds. The number of likely N-dealkylation sites (tertiary alicyclic amines) is 1. The van der Waals surface area contributed by atoms with E-state index >= 15 is 0 Å². The average molecular weight is 275 g/mol. The van der Waals surface area contributed by atoms with E-state index in [0.717, 1.165) is 23.4 Å². The van der Waals surface area contributed by atoms with Gasteiger partial charge in [-0.3, -0.25) is 10.6 Å². The Morgan fingerprint density at radius 2 is 2.05 bits per heavy atom. The minimum absolute atomic E-state index is 0.136. The molecule has 3 atom stereocenters. The van der Waals surface area contributed by atoms with E-state index in [1.165, 1.54) is 6.42 Å². The summed E-state index contributed by atoms with van der Waals surface area (Å²) in [6.45, 7) is 9.40. The van der Waals surface area contributed by atoms with Crippen LogP contribution >= 0.6 is 0 Å². The Morgan fingerprint density at radius 1 is 1.35 bits per heavy atom. The molecule has 0 radical (unpaired) electrons. The number of hydrogen-bond donors (Lipinski definition) is 2. The first kappa shape index (κ1) is 14.9. The van der Waals surface area contributed by atoms with Crippen molar-refractivity contribution in [1.29, 1.82) is 0 Å². The third-order valence-corrected chi connectivity index (χ3v) is 4.48. The highest BCUT2D eigenvalue weighted by atomic mass is 16.2. The SMILES string of the molecule is Cc1cc(NN)ccc1C(=O)N1CC(C)CC(C)C1C. The maximum absolute atomic E-state index is 12.8. The van der Waals surface area contributed by atoms with Gasteiger partial charge in [0.05, 0.1) is 0 Å². The molecule has 1 aliphatic heterocycles. The second-order valence-corrected chi connectivity index (χ2v) is 6.19. The van der Waals surface area contributed by atoms with E-state index < -0.39 is 0 Å². The molecule has 1 aliphatic rings. The summed E-state index contributed by atoms with van der Waals surface area (Å²) in [6.07, 6.45) is 1.19. The fraction of sp³-hybridized carbons (Fsp3) is 0.562. The van der Waals surface area contributed by atoms with E-state index in [9.17, 15) is 4.79 Å². The largest absolute Gasteiger partial charge is 0.335 e. The number of rotatable bonds is 2. The summed E-state index contributed by atoms with van der Waals surface area (Å²) in [7, 11) is 0. The summed E-state index contributed by atoms with van der Waals surface area (Å²) in [5, 5.41) is 0. The molecule has 0 aliphatic carbocycles. The maximum Gasteiger partial charge on any atom is 0.254 e. The zero-order valence-corrected chi connectivity index (χ0v) is 12.8. The molecular weight excluding hydrogens is 250 g/mol. The van der Waals surface area contributed by atoms with Crippen LogP contribution in [0, 0.1) is 18.8 Å². The Bertz CT molecular complexity index is 500. The third kappa shape index (κ3) is 2.80. The highest BCUT2D eigenvalue weighted by molar-refractivity contribution is 5.96. The van der Waals surface area contributed by atoms with Crippen molar-refractivity contribution in [2.24, 2.45) is 17.7 Å². The molecule has 0 spiro atoms. The maximum atomic E-state index is 12.8. The molecule has 110 valence electrons. The van der Waals surface area contributed by atoms with Crippen LogP contribution < -0.4 is 11.3 Å². The highest BCUT2D eigenvalue weighted by Gasteiger charge is 2.32.